The van der Waals surface area contributed by atoms with E-state index in [4.69, 9.17) is 5.73 Å². The molecule has 0 fully saturated rings. The van der Waals surface area contributed by atoms with Gasteiger partial charge in [0, 0.05) is 13.1 Å². The van der Waals surface area contributed by atoms with Crippen molar-refractivity contribution >= 4 is 30.1 Å². The molecule has 0 saturated heterocycles. The van der Waals surface area contributed by atoms with Crippen LogP contribution in [0.4, 0.5) is 0 Å². The molecule has 1 atom stereocenters. The molecule has 1 aliphatic heterocycles. The number of imide groups is 1. The fraction of sp³-hybridized carbons (Fsp3) is 0.357. The largest absolute Gasteiger partial charge is 0.353 e. The fourth-order valence-electron chi connectivity index (χ4n) is 2.19. The van der Waals surface area contributed by atoms with Crippen molar-refractivity contribution in [2.45, 2.75) is 19.9 Å². The van der Waals surface area contributed by atoms with Gasteiger partial charge in [0.15, 0.2) is 0 Å². The highest BCUT2D eigenvalue weighted by molar-refractivity contribution is 6.22. The van der Waals surface area contributed by atoms with Gasteiger partial charge >= 0.3 is 0 Å². The van der Waals surface area contributed by atoms with Crippen molar-refractivity contribution in [3.63, 3.8) is 0 Å². The second kappa shape index (κ2) is 6.69. The predicted octanol–water partition coefficient (Wildman–Crippen LogP) is 0.476. The molecule has 1 aromatic rings. The monoisotopic (exact) mass is 311 g/mol. The summed E-state index contributed by atoms with van der Waals surface area (Å²) in [5, 5.41) is 2.58. The van der Waals surface area contributed by atoms with Gasteiger partial charge in [0.05, 0.1) is 11.1 Å². The average molecular weight is 312 g/mol. The normalized spacial score (nSPS) is 14.5. The molecule has 3 amide bonds. The molecule has 1 heterocycles. The maximum absolute atomic E-state index is 12.3. The molecule has 2 rings (SSSR count). The van der Waals surface area contributed by atoms with Gasteiger partial charge < -0.3 is 11.1 Å². The van der Waals surface area contributed by atoms with E-state index in [0.29, 0.717) is 24.2 Å². The summed E-state index contributed by atoms with van der Waals surface area (Å²) in [5.74, 6) is -1.24. The van der Waals surface area contributed by atoms with Crippen molar-refractivity contribution in [3.8, 4) is 0 Å². The predicted molar refractivity (Wildman–Crippen MR) is 80.5 cm³/mol. The van der Waals surface area contributed by atoms with E-state index in [0.717, 1.165) is 10.5 Å². The summed E-state index contributed by atoms with van der Waals surface area (Å²) in [6.45, 7) is 3.99. The highest BCUT2D eigenvalue weighted by Gasteiger charge is 2.40. The Bertz CT molecular complexity index is 589. The molecule has 6 nitrogen and oxygen atoms in total. The standard InChI is InChI=1S/C14H17N3O3.ClH/c1-8-3-4-10-11(7-8)14(20)17(13(10)19)9(2)12(18)16-6-5-15;/h3-4,7,9H,5-6,15H2,1-2H3,(H,16,18);1H. The molecule has 3 N–H and O–H groups in total. The van der Waals surface area contributed by atoms with E-state index >= 15 is 0 Å². The Labute approximate surface area is 129 Å². The van der Waals surface area contributed by atoms with Crippen LogP contribution >= 0.6 is 12.4 Å². The number of nitrogens with one attached hydrogen (secondary N) is 1. The minimum atomic E-state index is -0.853. The first-order valence-corrected chi connectivity index (χ1v) is 6.43. The summed E-state index contributed by atoms with van der Waals surface area (Å²) in [4.78, 5) is 37.4. The Kier molecular flexibility index (Phi) is 5.46. The quantitative estimate of drug-likeness (QED) is 0.791. The van der Waals surface area contributed by atoms with E-state index in [1.54, 1.807) is 18.2 Å². The van der Waals surface area contributed by atoms with Gasteiger partial charge in [-0.2, -0.15) is 0 Å². The Morgan fingerprint density at radius 1 is 1.29 bits per heavy atom. The Hall–Kier alpha value is -1.92. The molecule has 0 radical (unpaired) electrons. The third-order valence-electron chi connectivity index (χ3n) is 3.28. The van der Waals surface area contributed by atoms with Gasteiger partial charge in [-0.05, 0) is 26.0 Å². The molecular formula is C14H18ClN3O3. The molecule has 114 valence electrons. The maximum atomic E-state index is 12.3. The zero-order valence-corrected chi connectivity index (χ0v) is 12.7. The van der Waals surface area contributed by atoms with Crippen molar-refractivity contribution in [1.29, 1.82) is 0 Å². The van der Waals surface area contributed by atoms with Crippen LogP contribution in [0.3, 0.4) is 0 Å². The average Bonchev–Trinajstić information content (AvgIpc) is 2.67. The third-order valence-corrected chi connectivity index (χ3v) is 3.28. The van der Waals surface area contributed by atoms with Crippen molar-refractivity contribution < 1.29 is 14.4 Å². The lowest BCUT2D eigenvalue weighted by molar-refractivity contribution is -0.124. The minimum Gasteiger partial charge on any atom is -0.353 e. The highest BCUT2D eigenvalue weighted by atomic mass is 35.5. The molecule has 21 heavy (non-hydrogen) atoms. The Morgan fingerprint density at radius 2 is 1.90 bits per heavy atom. The molecule has 0 aromatic heterocycles. The highest BCUT2D eigenvalue weighted by Crippen LogP contribution is 2.25. The van der Waals surface area contributed by atoms with Crippen LogP contribution in [0.1, 0.15) is 33.2 Å². The first-order chi connectivity index (χ1) is 9.47. The molecular weight excluding hydrogens is 294 g/mol. The van der Waals surface area contributed by atoms with Crippen LogP contribution in [0.25, 0.3) is 0 Å². The fourth-order valence-corrected chi connectivity index (χ4v) is 2.19. The Morgan fingerprint density at radius 3 is 2.52 bits per heavy atom. The second-order valence-electron chi connectivity index (χ2n) is 4.79. The lowest BCUT2D eigenvalue weighted by atomic mass is 10.1. The number of fused-ring (bicyclic) bond motifs is 1. The molecule has 7 heteroatoms. The first kappa shape index (κ1) is 17.1. The number of amides is 3. The number of carbonyl (C=O) groups is 3. The molecule has 1 aliphatic rings. The van der Waals surface area contributed by atoms with Crippen LogP contribution in [0.15, 0.2) is 18.2 Å². The molecule has 1 aromatic carbocycles. The summed E-state index contributed by atoms with van der Waals surface area (Å²) >= 11 is 0. The number of carbonyl (C=O) groups excluding carboxylic acids is 3. The number of hydrogen-bond acceptors (Lipinski definition) is 4. The van der Waals surface area contributed by atoms with E-state index in [9.17, 15) is 14.4 Å². The van der Waals surface area contributed by atoms with Gasteiger partial charge in [0.1, 0.15) is 6.04 Å². The van der Waals surface area contributed by atoms with Crippen LogP contribution in [0.5, 0.6) is 0 Å². The maximum Gasteiger partial charge on any atom is 0.262 e. The van der Waals surface area contributed by atoms with Gasteiger partial charge in [-0.25, -0.2) is 0 Å². The van der Waals surface area contributed by atoms with Gasteiger partial charge in [0.2, 0.25) is 5.91 Å². The lowest BCUT2D eigenvalue weighted by Crippen LogP contribution is -2.48. The molecule has 0 spiro atoms. The number of nitrogens with two attached hydrogens (primary N) is 1. The van der Waals surface area contributed by atoms with Crippen LogP contribution in [-0.2, 0) is 4.79 Å². The van der Waals surface area contributed by atoms with Gasteiger partial charge in [-0.1, -0.05) is 11.6 Å². The van der Waals surface area contributed by atoms with Crippen molar-refractivity contribution in [2.24, 2.45) is 5.73 Å². The number of nitrogens with zero attached hydrogens (tertiary/aromatic N) is 1. The van der Waals surface area contributed by atoms with Crippen molar-refractivity contribution in [1.82, 2.24) is 10.2 Å². The zero-order valence-electron chi connectivity index (χ0n) is 11.9. The topological polar surface area (TPSA) is 92.5 Å². The Balaban J connectivity index is 0.00000220. The molecule has 0 saturated carbocycles. The summed E-state index contributed by atoms with van der Waals surface area (Å²) < 4.78 is 0. The van der Waals surface area contributed by atoms with Crippen LogP contribution in [0, 0.1) is 6.92 Å². The minimum absolute atomic E-state index is 0. The number of benzene rings is 1. The van der Waals surface area contributed by atoms with Gasteiger partial charge in [-0.3, -0.25) is 19.3 Å². The van der Waals surface area contributed by atoms with Crippen LogP contribution in [-0.4, -0.2) is 41.8 Å². The summed E-state index contributed by atoms with van der Waals surface area (Å²) in [6, 6.07) is 4.21. The third kappa shape index (κ3) is 3.06. The summed E-state index contributed by atoms with van der Waals surface area (Å²) in [7, 11) is 0. The van der Waals surface area contributed by atoms with E-state index in [1.807, 2.05) is 6.92 Å². The van der Waals surface area contributed by atoms with E-state index in [-0.39, 0.29) is 18.3 Å². The van der Waals surface area contributed by atoms with Crippen LogP contribution in [0.2, 0.25) is 0 Å². The van der Waals surface area contributed by atoms with Gasteiger partial charge in [0.25, 0.3) is 11.8 Å². The van der Waals surface area contributed by atoms with Gasteiger partial charge in [-0.15, -0.1) is 12.4 Å². The smallest absolute Gasteiger partial charge is 0.262 e. The SMILES string of the molecule is Cc1ccc2c(c1)C(=O)N(C(C)C(=O)NCCN)C2=O.Cl. The second-order valence-corrected chi connectivity index (χ2v) is 4.79. The lowest BCUT2D eigenvalue weighted by Gasteiger charge is -2.21. The number of halogens is 1. The molecule has 0 bridgehead atoms. The van der Waals surface area contributed by atoms with E-state index in [2.05, 4.69) is 5.32 Å². The molecule has 0 aliphatic carbocycles. The summed E-state index contributed by atoms with van der Waals surface area (Å²) in [5.41, 5.74) is 6.91. The number of aryl methyl sites for hydroxylation is 1. The van der Waals surface area contributed by atoms with Crippen molar-refractivity contribution in [3.05, 3.63) is 34.9 Å². The molecule has 1 unspecified atom stereocenters. The van der Waals surface area contributed by atoms with Crippen LogP contribution < -0.4 is 11.1 Å². The zero-order chi connectivity index (χ0) is 14.9. The number of rotatable bonds is 4. The van der Waals surface area contributed by atoms with E-state index in [1.165, 1.54) is 6.92 Å². The first-order valence-electron chi connectivity index (χ1n) is 6.43. The summed E-state index contributed by atoms with van der Waals surface area (Å²) in [6.07, 6.45) is 0. The van der Waals surface area contributed by atoms with Crippen molar-refractivity contribution in [2.75, 3.05) is 13.1 Å². The number of hydrogen-bond donors (Lipinski definition) is 2. The van der Waals surface area contributed by atoms with E-state index < -0.39 is 17.9 Å².